The van der Waals surface area contributed by atoms with Crippen LogP contribution in [0.4, 0.5) is 13.9 Å². The fourth-order valence-corrected chi connectivity index (χ4v) is 3.62. The minimum absolute atomic E-state index is 0.00994. The maximum absolute atomic E-state index is 12.4. The third kappa shape index (κ3) is 6.31. The average molecular weight is 517 g/mol. The molecule has 174 valence electrons. The van der Waals surface area contributed by atoms with Crippen LogP contribution in [0.3, 0.4) is 0 Å². The van der Waals surface area contributed by atoms with Gasteiger partial charge in [0.25, 0.3) is 5.91 Å². The van der Waals surface area contributed by atoms with Gasteiger partial charge in [0.05, 0.1) is 28.4 Å². The largest absolute Gasteiger partial charge is 0.493 e. The molecular formula is C21H16Cl2F2N2O5S. The molecule has 1 N–H and O–H groups in total. The number of esters is 1. The lowest BCUT2D eigenvalue weighted by atomic mass is 10.2. The number of hydrogen-bond acceptors (Lipinski definition) is 7. The number of halogens is 4. The standard InChI is InChI=1S/C21H16Cl2F2N2O5S/c1-10(31-19(29)12-4-6-16(32-20(24)25)17(8-12)30-2)18(28)27-21-26-15(9-33-21)11-3-5-13(22)14(23)7-11/h3-10,20H,1-2H3,(H,26,27,28)/t10-/m0/s1. The molecule has 0 saturated heterocycles. The van der Waals surface area contributed by atoms with Crippen molar-refractivity contribution in [1.82, 2.24) is 4.98 Å². The van der Waals surface area contributed by atoms with Crippen LogP contribution in [0.1, 0.15) is 17.3 Å². The summed E-state index contributed by atoms with van der Waals surface area (Å²) in [6, 6.07) is 8.57. The number of nitrogens with one attached hydrogen (secondary N) is 1. The molecule has 3 rings (SSSR count). The number of aromatic nitrogens is 1. The number of benzene rings is 2. The molecule has 33 heavy (non-hydrogen) atoms. The van der Waals surface area contributed by atoms with Crippen LogP contribution in [0.25, 0.3) is 11.3 Å². The van der Waals surface area contributed by atoms with E-state index in [0.29, 0.717) is 26.4 Å². The zero-order chi connectivity index (χ0) is 24.1. The minimum Gasteiger partial charge on any atom is -0.493 e. The van der Waals surface area contributed by atoms with Crippen molar-refractivity contribution < 1.29 is 32.6 Å². The smallest absolute Gasteiger partial charge is 0.387 e. The third-order valence-corrected chi connectivity index (χ3v) is 5.71. The van der Waals surface area contributed by atoms with Gasteiger partial charge >= 0.3 is 12.6 Å². The molecule has 7 nitrogen and oxygen atoms in total. The lowest BCUT2D eigenvalue weighted by Gasteiger charge is -2.14. The van der Waals surface area contributed by atoms with Crippen molar-refractivity contribution in [3.8, 4) is 22.8 Å². The Labute approximate surface area is 201 Å². The highest BCUT2D eigenvalue weighted by molar-refractivity contribution is 7.14. The maximum atomic E-state index is 12.4. The van der Waals surface area contributed by atoms with Crippen LogP contribution in [0.5, 0.6) is 11.5 Å². The van der Waals surface area contributed by atoms with Crippen molar-refractivity contribution in [3.63, 3.8) is 0 Å². The average Bonchev–Trinajstić information content (AvgIpc) is 3.23. The Kier molecular flexibility index (Phi) is 8.06. The predicted octanol–water partition coefficient (Wildman–Crippen LogP) is 5.91. The van der Waals surface area contributed by atoms with Gasteiger partial charge in [0.15, 0.2) is 22.7 Å². The molecule has 1 amide bonds. The van der Waals surface area contributed by atoms with E-state index >= 15 is 0 Å². The van der Waals surface area contributed by atoms with E-state index < -0.39 is 24.6 Å². The van der Waals surface area contributed by atoms with Gasteiger partial charge in [-0.25, -0.2) is 9.78 Å². The molecule has 3 aromatic rings. The SMILES string of the molecule is COc1cc(C(=O)O[C@@H](C)C(=O)Nc2nc(-c3ccc(Cl)c(Cl)c3)cs2)ccc1OC(F)F. The molecule has 0 fully saturated rings. The van der Waals surface area contributed by atoms with Crippen LogP contribution in [0.15, 0.2) is 41.8 Å². The summed E-state index contributed by atoms with van der Waals surface area (Å²) in [5.74, 6) is -1.78. The van der Waals surface area contributed by atoms with Gasteiger partial charge in [0, 0.05) is 10.9 Å². The van der Waals surface area contributed by atoms with Gasteiger partial charge in [-0.1, -0.05) is 29.3 Å². The summed E-state index contributed by atoms with van der Waals surface area (Å²) >= 11 is 13.1. The second-order valence-corrected chi connectivity index (χ2v) is 8.12. The summed E-state index contributed by atoms with van der Waals surface area (Å²) < 4.78 is 39.3. The quantitative estimate of drug-likeness (QED) is 0.374. The lowest BCUT2D eigenvalue weighted by Crippen LogP contribution is -2.30. The van der Waals surface area contributed by atoms with E-state index in [0.717, 1.165) is 6.07 Å². The molecule has 0 aliphatic rings. The Balaban J connectivity index is 1.63. The van der Waals surface area contributed by atoms with E-state index in [9.17, 15) is 18.4 Å². The van der Waals surface area contributed by atoms with Crippen LogP contribution >= 0.6 is 34.5 Å². The molecule has 0 radical (unpaired) electrons. The number of carbonyl (C=O) groups excluding carboxylic acids is 2. The Bertz CT molecular complexity index is 1180. The highest BCUT2D eigenvalue weighted by atomic mass is 35.5. The first-order chi connectivity index (χ1) is 15.7. The first-order valence-corrected chi connectivity index (χ1v) is 10.9. The van der Waals surface area contributed by atoms with Crippen molar-refractivity contribution in [1.29, 1.82) is 0 Å². The van der Waals surface area contributed by atoms with Crippen molar-refractivity contribution in [3.05, 3.63) is 57.4 Å². The Morgan fingerprint density at radius 1 is 1.09 bits per heavy atom. The van der Waals surface area contributed by atoms with Crippen LogP contribution in [0, 0.1) is 0 Å². The van der Waals surface area contributed by atoms with Gasteiger partial charge in [0.2, 0.25) is 0 Å². The number of methoxy groups -OCH3 is 1. The molecule has 1 aromatic heterocycles. The summed E-state index contributed by atoms with van der Waals surface area (Å²) in [6.45, 7) is -1.67. The van der Waals surface area contributed by atoms with Crippen molar-refractivity contribution in [2.75, 3.05) is 12.4 Å². The molecule has 1 atom stereocenters. The van der Waals surface area contributed by atoms with Crippen molar-refractivity contribution >= 4 is 51.5 Å². The van der Waals surface area contributed by atoms with E-state index in [1.54, 1.807) is 23.6 Å². The number of nitrogens with zero attached hydrogens (tertiary/aromatic N) is 1. The zero-order valence-corrected chi connectivity index (χ0v) is 19.4. The maximum Gasteiger partial charge on any atom is 0.387 e. The molecule has 0 aliphatic heterocycles. The number of anilines is 1. The normalized spacial score (nSPS) is 11.7. The molecule has 1 heterocycles. The summed E-state index contributed by atoms with van der Waals surface area (Å²) in [4.78, 5) is 29.1. The van der Waals surface area contributed by atoms with Gasteiger partial charge in [-0.15, -0.1) is 11.3 Å². The Hall–Kier alpha value is -2.95. The van der Waals surface area contributed by atoms with Crippen LogP contribution in [-0.2, 0) is 9.53 Å². The van der Waals surface area contributed by atoms with E-state index in [2.05, 4.69) is 15.0 Å². The second-order valence-electron chi connectivity index (χ2n) is 6.45. The summed E-state index contributed by atoms with van der Waals surface area (Å²) in [7, 11) is 1.24. The molecule has 12 heteroatoms. The molecule has 0 aliphatic carbocycles. The molecule has 2 aromatic carbocycles. The fraction of sp³-hybridized carbons (Fsp3) is 0.190. The first-order valence-electron chi connectivity index (χ1n) is 9.23. The molecule has 0 bridgehead atoms. The zero-order valence-electron chi connectivity index (χ0n) is 17.1. The summed E-state index contributed by atoms with van der Waals surface area (Å²) in [5, 5.41) is 5.37. The van der Waals surface area contributed by atoms with Crippen molar-refractivity contribution in [2.45, 2.75) is 19.6 Å². The van der Waals surface area contributed by atoms with Crippen LogP contribution in [0.2, 0.25) is 10.0 Å². The van der Waals surface area contributed by atoms with Crippen LogP contribution in [-0.4, -0.2) is 36.7 Å². The predicted molar refractivity (Wildman–Crippen MR) is 121 cm³/mol. The number of amides is 1. The van der Waals surface area contributed by atoms with Gasteiger partial charge in [0.1, 0.15) is 0 Å². The van der Waals surface area contributed by atoms with Crippen molar-refractivity contribution in [2.24, 2.45) is 0 Å². The number of carbonyl (C=O) groups is 2. The van der Waals surface area contributed by atoms with Gasteiger partial charge in [-0.05, 0) is 37.3 Å². The number of alkyl halides is 2. The third-order valence-electron chi connectivity index (χ3n) is 4.22. The summed E-state index contributed by atoms with van der Waals surface area (Å²) in [6.07, 6.45) is -1.17. The number of ether oxygens (including phenoxy) is 3. The highest BCUT2D eigenvalue weighted by Gasteiger charge is 2.22. The number of thiazole rings is 1. The number of hydrogen-bond donors (Lipinski definition) is 1. The Morgan fingerprint density at radius 3 is 2.52 bits per heavy atom. The fourth-order valence-electron chi connectivity index (χ4n) is 2.60. The number of rotatable bonds is 8. The second kappa shape index (κ2) is 10.8. The topological polar surface area (TPSA) is 86.8 Å². The van der Waals surface area contributed by atoms with Gasteiger partial charge < -0.3 is 14.2 Å². The van der Waals surface area contributed by atoms with E-state index in [1.165, 1.54) is 37.5 Å². The highest BCUT2D eigenvalue weighted by Crippen LogP contribution is 2.31. The monoisotopic (exact) mass is 516 g/mol. The molecular weight excluding hydrogens is 501 g/mol. The van der Waals surface area contributed by atoms with E-state index in [4.69, 9.17) is 32.7 Å². The molecule has 0 unspecified atom stereocenters. The van der Waals surface area contributed by atoms with Crippen LogP contribution < -0.4 is 14.8 Å². The van der Waals surface area contributed by atoms with E-state index in [1.807, 2.05) is 0 Å². The Morgan fingerprint density at radius 2 is 1.85 bits per heavy atom. The summed E-state index contributed by atoms with van der Waals surface area (Å²) in [5.41, 5.74) is 1.29. The van der Waals surface area contributed by atoms with Gasteiger partial charge in [-0.2, -0.15) is 8.78 Å². The molecule has 0 spiro atoms. The minimum atomic E-state index is -3.05. The van der Waals surface area contributed by atoms with Gasteiger partial charge in [-0.3, -0.25) is 10.1 Å². The first kappa shape index (κ1) is 24.7. The molecule has 0 saturated carbocycles. The lowest BCUT2D eigenvalue weighted by molar-refractivity contribution is -0.123. The van der Waals surface area contributed by atoms with E-state index in [-0.39, 0.29) is 17.1 Å².